The van der Waals surface area contributed by atoms with Crippen molar-refractivity contribution in [2.45, 2.75) is 39.3 Å². The van der Waals surface area contributed by atoms with E-state index >= 15 is 0 Å². The third kappa shape index (κ3) is 4.38. The molecule has 0 aliphatic rings. The van der Waals surface area contributed by atoms with Crippen LogP contribution in [-0.2, 0) is 4.74 Å². The van der Waals surface area contributed by atoms with Crippen molar-refractivity contribution in [1.29, 1.82) is 0 Å². The zero-order valence-electron chi connectivity index (χ0n) is 20.0. The molecule has 2 aromatic heterocycles. The third-order valence-electron chi connectivity index (χ3n) is 5.79. The molecule has 34 heavy (non-hydrogen) atoms. The first kappa shape index (κ1) is 24.1. The first-order valence-corrected chi connectivity index (χ1v) is 12.1. The van der Waals surface area contributed by atoms with Gasteiger partial charge in [-0.1, -0.05) is 35.9 Å². The van der Waals surface area contributed by atoms with Crippen molar-refractivity contribution in [1.82, 2.24) is 9.88 Å². The molecule has 1 amide bonds. The quantitative estimate of drug-likeness (QED) is 0.329. The average Bonchev–Trinajstić information content (AvgIpc) is 3.28. The number of benzene rings is 2. The Bertz CT molecular complexity index is 1430. The number of carbonyl (C=O) groups is 1. The number of methoxy groups -OCH3 is 1. The van der Waals surface area contributed by atoms with Crippen LogP contribution in [0.1, 0.15) is 39.3 Å². The molecule has 6 nitrogen and oxygen atoms in total. The summed E-state index contributed by atoms with van der Waals surface area (Å²) in [6.07, 6.45) is -0.377. The van der Waals surface area contributed by atoms with E-state index in [9.17, 15) is 9.59 Å². The summed E-state index contributed by atoms with van der Waals surface area (Å²) < 4.78 is 11.8. The lowest BCUT2D eigenvalue weighted by Gasteiger charge is -2.29. The summed E-state index contributed by atoms with van der Waals surface area (Å²) in [5, 5.41) is 3.99. The molecule has 2 aromatic carbocycles. The molecule has 0 aliphatic carbocycles. The number of carbonyl (C=O) groups excluding carboxylic acids is 1. The maximum absolute atomic E-state index is 12.6. The molecule has 0 spiro atoms. The Labute approximate surface area is 207 Å². The van der Waals surface area contributed by atoms with Gasteiger partial charge in [0.05, 0.1) is 23.7 Å². The van der Waals surface area contributed by atoms with Gasteiger partial charge in [0.25, 0.3) is 5.56 Å². The largest absolute Gasteiger partial charge is 0.496 e. The van der Waals surface area contributed by atoms with Crippen LogP contribution in [0.25, 0.3) is 32.1 Å². The maximum Gasteiger partial charge on any atom is 0.410 e. The molecular formula is C26H27ClN2O4S. The van der Waals surface area contributed by atoms with Gasteiger partial charge in [0.15, 0.2) is 0 Å². The van der Waals surface area contributed by atoms with E-state index in [0.717, 1.165) is 27.5 Å². The third-order valence-corrected chi connectivity index (χ3v) is 7.00. The standard InChI is InChI=1S/C26H27ClN2O4S/c1-14(29(5)25(31)33-26(2,3)4)15-7-9-16(10-8-15)20-19(32-6)13-18(27)22-21(20)17-11-12-34-23(17)24(30)28-22/h7-14H,1-6H3,(H,28,30)/t14-/m1/s1. The number of rotatable bonds is 4. The fourth-order valence-electron chi connectivity index (χ4n) is 3.96. The number of amides is 1. The number of hydrogen-bond acceptors (Lipinski definition) is 5. The van der Waals surface area contributed by atoms with Crippen LogP contribution in [-0.4, -0.2) is 35.7 Å². The highest BCUT2D eigenvalue weighted by molar-refractivity contribution is 7.17. The molecule has 0 radical (unpaired) electrons. The van der Waals surface area contributed by atoms with Crippen LogP contribution in [0.5, 0.6) is 5.75 Å². The van der Waals surface area contributed by atoms with Crippen molar-refractivity contribution < 1.29 is 14.3 Å². The monoisotopic (exact) mass is 498 g/mol. The SMILES string of the molecule is COc1cc(Cl)c2[nH]c(=O)c3sccc3c2c1-c1ccc([C@@H](C)N(C)C(=O)OC(C)(C)C)cc1. The molecular weight excluding hydrogens is 472 g/mol. The summed E-state index contributed by atoms with van der Waals surface area (Å²) in [6.45, 7) is 7.50. The van der Waals surface area contributed by atoms with Crippen molar-refractivity contribution in [2.75, 3.05) is 14.2 Å². The Morgan fingerprint density at radius 3 is 2.47 bits per heavy atom. The van der Waals surface area contributed by atoms with Crippen LogP contribution in [0.3, 0.4) is 0 Å². The van der Waals surface area contributed by atoms with E-state index in [4.69, 9.17) is 21.1 Å². The highest BCUT2D eigenvalue weighted by Crippen LogP contribution is 2.43. The summed E-state index contributed by atoms with van der Waals surface area (Å²) in [5.74, 6) is 0.615. The number of nitrogens with one attached hydrogen (secondary N) is 1. The number of halogens is 1. The lowest BCUT2D eigenvalue weighted by molar-refractivity contribution is 0.0234. The van der Waals surface area contributed by atoms with E-state index in [1.807, 2.05) is 63.4 Å². The summed E-state index contributed by atoms with van der Waals surface area (Å²) in [4.78, 5) is 29.6. The minimum absolute atomic E-state index is 0.162. The molecule has 0 bridgehead atoms. The molecule has 0 fully saturated rings. The Balaban J connectivity index is 1.80. The van der Waals surface area contributed by atoms with Crippen LogP contribution in [0.15, 0.2) is 46.6 Å². The molecule has 0 unspecified atom stereocenters. The Morgan fingerprint density at radius 1 is 1.18 bits per heavy atom. The molecule has 4 aromatic rings. The number of nitrogens with zero attached hydrogens (tertiary/aromatic N) is 1. The predicted molar refractivity (Wildman–Crippen MR) is 139 cm³/mol. The molecule has 0 aliphatic heterocycles. The summed E-state index contributed by atoms with van der Waals surface area (Å²) in [7, 11) is 3.33. The van der Waals surface area contributed by atoms with E-state index in [0.29, 0.717) is 21.0 Å². The number of pyridine rings is 1. The lowest BCUT2D eigenvalue weighted by atomic mass is 9.95. The molecule has 1 N–H and O–H groups in total. The van der Waals surface area contributed by atoms with Gasteiger partial charge in [-0.15, -0.1) is 11.3 Å². The van der Waals surface area contributed by atoms with Crippen molar-refractivity contribution in [3.05, 3.63) is 62.7 Å². The molecule has 8 heteroatoms. The fraction of sp³-hybridized carbons (Fsp3) is 0.308. The number of aromatic nitrogens is 1. The summed E-state index contributed by atoms with van der Waals surface area (Å²) in [5.41, 5.74) is 2.58. The maximum atomic E-state index is 12.6. The molecule has 0 saturated carbocycles. The number of aromatic amines is 1. The van der Waals surface area contributed by atoms with Gasteiger partial charge in [-0.2, -0.15) is 0 Å². The predicted octanol–water partition coefficient (Wildman–Crippen LogP) is 7.00. The number of ether oxygens (including phenoxy) is 2. The van der Waals surface area contributed by atoms with Gasteiger partial charge in [0.2, 0.25) is 0 Å². The van der Waals surface area contributed by atoms with Gasteiger partial charge < -0.3 is 19.4 Å². The number of fused-ring (bicyclic) bond motifs is 3. The van der Waals surface area contributed by atoms with E-state index < -0.39 is 5.60 Å². The molecule has 0 saturated heterocycles. The van der Waals surface area contributed by atoms with Crippen LogP contribution >= 0.6 is 22.9 Å². The van der Waals surface area contributed by atoms with Crippen molar-refractivity contribution >= 4 is 50.0 Å². The Morgan fingerprint density at radius 2 is 1.85 bits per heavy atom. The average molecular weight is 499 g/mol. The molecule has 178 valence electrons. The number of hydrogen-bond donors (Lipinski definition) is 1. The first-order chi connectivity index (χ1) is 16.0. The highest BCUT2D eigenvalue weighted by Gasteiger charge is 2.24. The van der Waals surface area contributed by atoms with E-state index in [1.54, 1.807) is 25.1 Å². The minimum Gasteiger partial charge on any atom is -0.496 e. The van der Waals surface area contributed by atoms with Gasteiger partial charge in [-0.05, 0) is 50.3 Å². The normalized spacial score (nSPS) is 12.7. The summed E-state index contributed by atoms with van der Waals surface area (Å²) >= 11 is 7.91. The molecule has 1 atom stereocenters. The van der Waals surface area contributed by atoms with Crippen LogP contribution < -0.4 is 10.3 Å². The highest BCUT2D eigenvalue weighted by atomic mass is 35.5. The zero-order valence-corrected chi connectivity index (χ0v) is 21.6. The second-order valence-corrected chi connectivity index (χ2v) is 10.5. The van der Waals surface area contributed by atoms with Crippen LogP contribution in [0, 0.1) is 0 Å². The molecule has 2 heterocycles. The second-order valence-electron chi connectivity index (χ2n) is 9.19. The van der Waals surface area contributed by atoms with Crippen molar-refractivity contribution in [2.24, 2.45) is 0 Å². The molecule has 4 rings (SSSR count). The lowest BCUT2D eigenvalue weighted by Crippen LogP contribution is -2.35. The van der Waals surface area contributed by atoms with Gasteiger partial charge in [-0.3, -0.25) is 4.79 Å². The first-order valence-electron chi connectivity index (χ1n) is 10.9. The Kier molecular flexibility index (Phi) is 6.36. The Hall–Kier alpha value is -3.03. The van der Waals surface area contributed by atoms with Crippen LogP contribution in [0.4, 0.5) is 4.79 Å². The summed E-state index contributed by atoms with van der Waals surface area (Å²) in [6, 6.07) is 11.4. The van der Waals surface area contributed by atoms with E-state index in [2.05, 4.69) is 4.98 Å². The zero-order chi connectivity index (χ0) is 24.8. The topological polar surface area (TPSA) is 71.6 Å². The van der Waals surface area contributed by atoms with Crippen LogP contribution in [0.2, 0.25) is 5.02 Å². The van der Waals surface area contributed by atoms with Gasteiger partial charge in [0.1, 0.15) is 16.1 Å². The smallest absolute Gasteiger partial charge is 0.410 e. The van der Waals surface area contributed by atoms with Gasteiger partial charge in [0, 0.05) is 29.4 Å². The minimum atomic E-state index is -0.560. The van der Waals surface area contributed by atoms with Gasteiger partial charge >= 0.3 is 6.09 Å². The number of thiophene rings is 1. The van der Waals surface area contributed by atoms with Crippen molar-refractivity contribution in [3.8, 4) is 16.9 Å². The van der Waals surface area contributed by atoms with E-state index in [1.165, 1.54) is 11.3 Å². The fourth-order valence-corrected chi connectivity index (χ4v) is 5.00. The van der Waals surface area contributed by atoms with Crippen molar-refractivity contribution in [3.63, 3.8) is 0 Å². The van der Waals surface area contributed by atoms with Gasteiger partial charge in [-0.25, -0.2) is 4.79 Å². The second kappa shape index (κ2) is 8.96. The van der Waals surface area contributed by atoms with E-state index in [-0.39, 0.29) is 17.7 Å². The number of H-pyrrole nitrogens is 1.